The number of hydrogen-bond donors (Lipinski definition) is 0. The molecule has 1 saturated carbocycles. The van der Waals surface area contributed by atoms with Crippen LogP contribution in [0.4, 0.5) is 0 Å². The number of para-hydroxylation sites is 2. The first-order chi connectivity index (χ1) is 16.3. The van der Waals surface area contributed by atoms with Crippen molar-refractivity contribution < 1.29 is 4.79 Å². The molecular formula is C27H27N5O. The molecule has 2 fully saturated rings. The number of fused-ring (bicyclic) bond motifs is 1. The van der Waals surface area contributed by atoms with Gasteiger partial charge in [-0.05, 0) is 42.7 Å². The lowest BCUT2D eigenvalue weighted by molar-refractivity contribution is 0.0620. The molecule has 6 heteroatoms. The lowest BCUT2D eigenvalue weighted by Gasteiger charge is -2.34. The van der Waals surface area contributed by atoms with Crippen LogP contribution in [0.1, 0.15) is 40.5 Å². The first-order valence-electron chi connectivity index (χ1n) is 11.8. The normalized spacial score (nSPS) is 16.9. The van der Waals surface area contributed by atoms with Gasteiger partial charge in [-0.1, -0.05) is 42.5 Å². The van der Waals surface area contributed by atoms with Crippen LogP contribution in [0.3, 0.4) is 0 Å². The van der Waals surface area contributed by atoms with E-state index in [0.717, 1.165) is 49.6 Å². The predicted molar refractivity (Wildman–Crippen MR) is 128 cm³/mol. The van der Waals surface area contributed by atoms with Crippen LogP contribution >= 0.6 is 0 Å². The molecule has 0 radical (unpaired) electrons. The summed E-state index contributed by atoms with van der Waals surface area (Å²) in [6.07, 6.45) is 4.19. The topological polar surface area (TPSA) is 54.3 Å². The summed E-state index contributed by atoms with van der Waals surface area (Å²) in [6, 6.07) is 22.4. The molecule has 0 bridgehead atoms. The van der Waals surface area contributed by atoms with E-state index in [1.54, 1.807) is 0 Å². The Morgan fingerprint density at radius 3 is 2.48 bits per heavy atom. The van der Waals surface area contributed by atoms with E-state index in [1.807, 2.05) is 58.2 Å². The van der Waals surface area contributed by atoms with Crippen molar-refractivity contribution in [3.05, 3.63) is 89.9 Å². The largest absolute Gasteiger partial charge is 0.335 e. The van der Waals surface area contributed by atoms with Gasteiger partial charge in [0.25, 0.3) is 5.91 Å². The van der Waals surface area contributed by atoms with Gasteiger partial charge < -0.3 is 4.90 Å². The van der Waals surface area contributed by atoms with Crippen molar-refractivity contribution in [3.63, 3.8) is 0 Å². The third kappa shape index (κ3) is 4.02. The molecular weight excluding hydrogens is 410 g/mol. The van der Waals surface area contributed by atoms with E-state index >= 15 is 0 Å². The number of nitrogens with zero attached hydrogens (tertiary/aromatic N) is 5. The molecule has 0 atom stereocenters. The fraction of sp³-hybridized carbons (Fsp3) is 0.296. The Balaban J connectivity index is 1.18. The quantitative estimate of drug-likeness (QED) is 0.468. The zero-order valence-electron chi connectivity index (χ0n) is 18.6. The Hall–Kier alpha value is -3.51. The highest BCUT2D eigenvalue weighted by Crippen LogP contribution is 2.40. The Morgan fingerprint density at radius 2 is 1.70 bits per heavy atom. The summed E-state index contributed by atoms with van der Waals surface area (Å²) >= 11 is 0. The summed E-state index contributed by atoms with van der Waals surface area (Å²) in [4.78, 5) is 22.5. The zero-order chi connectivity index (χ0) is 22.2. The van der Waals surface area contributed by atoms with Crippen LogP contribution < -0.4 is 0 Å². The Bertz CT molecular complexity index is 1280. The van der Waals surface area contributed by atoms with Crippen molar-refractivity contribution in [2.24, 2.45) is 0 Å². The van der Waals surface area contributed by atoms with Crippen molar-refractivity contribution in [1.29, 1.82) is 0 Å². The summed E-state index contributed by atoms with van der Waals surface area (Å²) < 4.78 is 1.84. The molecule has 1 saturated heterocycles. The third-order valence-corrected chi connectivity index (χ3v) is 6.71. The van der Waals surface area contributed by atoms with Crippen molar-refractivity contribution >= 4 is 16.8 Å². The molecule has 0 spiro atoms. The molecule has 1 aliphatic carbocycles. The third-order valence-electron chi connectivity index (χ3n) is 6.71. The fourth-order valence-electron chi connectivity index (χ4n) is 4.70. The number of piperazine rings is 1. The maximum atomic E-state index is 13.5. The molecule has 1 aliphatic heterocycles. The lowest BCUT2D eigenvalue weighted by atomic mass is 10.1. The van der Waals surface area contributed by atoms with Gasteiger partial charge in [0.2, 0.25) is 0 Å². The minimum Gasteiger partial charge on any atom is -0.335 e. The van der Waals surface area contributed by atoms with Gasteiger partial charge in [0.05, 0.1) is 16.9 Å². The van der Waals surface area contributed by atoms with Crippen LogP contribution in [-0.2, 0) is 6.54 Å². The highest BCUT2D eigenvalue weighted by molar-refractivity contribution is 5.93. The molecule has 4 aromatic rings. The van der Waals surface area contributed by atoms with E-state index in [9.17, 15) is 4.79 Å². The molecule has 6 rings (SSSR count). The maximum Gasteiger partial charge on any atom is 0.272 e. The van der Waals surface area contributed by atoms with Crippen molar-refractivity contribution in [1.82, 2.24) is 24.6 Å². The lowest BCUT2D eigenvalue weighted by Crippen LogP contribution is -2.48. The minimum absolute atomic E-state index is 0.0738. The minimum atomic E-state index is 0.0738. The molecule has 6 nitrogen and oxygen atoms in total. The standard InChI is InChI=1S/C27H27N5O/c33-27(25-18-24(20-11-12-20)29-32(25)23-9-2-1-3-10-23)31-16-14-30(15-17-31)19-22-7-4-6-21-8-5-13-28-26(21)22/h1-10,13,18,20H,11-12,14-17,19H2. The number of pyridine rings is 1. The van der Waals surface area contributed by atoms with Gasteiger partial charge in [-0.3, -0.25) is 14.7 Å². The van der Waals surface area contributed by atoms with E-state index in [1.165, 1.54) is 23.8 Å². The van der Waals surface area contributed by atoms with Crippen LogP contribution in [0.15, 0.2) is 72.9 Å². The first kappa shape index (κ1) is 20.1. The van der Waals surface area contributed by atoms with Gasteiger partial charge in [-0.2, -0.15) is 5.10 Å². The van der Waals surface area contributed by atoms with Crippen LogP contribution in [-0.4, -0.2) is 56.7 Å². The highest BCUT2D eigenvalue weighted by atomic mass is 16.2. The summed E-state index contributed by atoms with van der Waals surface area (Å²) in [5.74, 6) is 0.581. The monoisotopic (exact) mass is 437 g/mol. The smallest absolute Gasteiger partial charge is 0.272 e. The van der Waals surface area contributed by atoms with Crippen molar-refractivity contribution in [2.45, 2.75) is 25.3 Å². The number of aromatic nitrogens is 3. The van der Waals surface area contributed by atoms with Gasteiger partial charge in [0.1, 0.15) is 5.69 Å². The number of hydrogen-bond acceptors (Lipinski definition) is 4. The van der Waals surface area contributed by atoms with E-state index < -0.39 is 0 Å². The molecule has 0 unspecified atom stereocenters. The van der Waals surface area contributed by atoms with Crippen LogP contribution in [0.5, 0.6) is 0 Å². The average molecular weight is 438 g/mol. The van der Waals surface area contributed by atoms with E-state index in [2.05, 4.69) is 34.1 Å². The summed E-state index contributed by atoms with van der Waals surface area (Å²) in [6.45, 7) is 3.99. The van der Waals surface area contributed by atoms with Gasteiger partial charge >= 0.3 is 0 Å². The number of amides is 1. The molecule has 0 N–H and O–H groups in total. The van der Waals surface area contributed by atoms with Crippen LogP contribution in [0.2, 0.25) is 0 Å². The molecule has 2 aromatic heterocycles. The molecule has 2 aromatic carbocycles. The zero-order valence-corrected chi connectivity index (χ0v) is 18.6. The number of carbonyl (C=O) groups is 1. The second-order valence-electron chi connectivity index (χ2n) is 9.04. The highest BCUT2D eigenvalue weighted by Gasteiger charge is 2.31. The molecule has 166 valence electrons. The first-order valence-corrected chi connectivity index (χ1v) is 11.8. The maximum absolute atomic E-state index is 13.5. The number of rotatable bonds is 5. The van der Waals surface area contributed by atoms with Crippen LogP contribution in [0.25, 0.3) is 16.6 Å². The predicted octanol–water partition coefficient (Wildman–Crippen LogP) is 4.26. The van der Waals surface area contributed by atoms with Crippen molar-refractivity contribution in [2.75, 3.05) is 26.2 Å². The van der Waals surface area contributed by atoms with Crippen molar-refractivity contribution in [3.8, 4) is 5.69 Å². The second-order valence-corrected chi connectivity index (χ2v) is 9.04. The average Bonchev–Trinajstić information content (AvgIpc) is 3.63. The molecule has 1 amide bonds. The van der Waals surface area contributed by atoms with Gasteiger partial charge in [-0.15, -0.1) is 0 Å². The Morgan fingerprint density at radius 1 is 0.909 bits per heavy atom. The molecule has 2 aliphatic rings. The van der Waals surface area contributed by atoms with E-state index in [-0.39, 0.29) is 5.91 Å². The fourth-order valence-corrected chi connectivity index (χ4v) is 4.70. The Labute approximate surface area is 193 Å². The number of carbonyl (C=O) groups excluding carboxylic acids is 1. The Kier molecular flexibility index (Phi) is 5.15. The van der Waals surface area contributed by atoms with Gasteiger partial charge in [-0.25, -0.2) is 4.68 Å². The number of benzene rings is 2. The van der Waals surface area contributed by atoms with E-state index in [0.29, 0.717) is 11.6 Å². The van der Waals surface area contributed by atoms with Gasteiger partial charge in [0, 0.05) is 50.2 Å². The second kappa shape index (κ2) is 8.45. The van der Waals surface area contributed by atoms with Gasteiger partial charge in [0.15, 0.2) is 0 Å². The van der Waals surface area contributed by atoms with Crippen LogP contribution in [0, 0.1) is 0 Å². The molecule has 3 heterocycles. The SMILES string of the molecule is O=C(c1cc(C2CC2)nn1-c1ccccc1)N1CCN(Cc2cccc3cccnc23)CC1. The van der Waals surface area contributed by atoms with E-state index in [4.69, 9.17) is 5.10 Å². The summed E-state index contributed by atoms with van der Waals surface area (Å²) in [5.41, 5.74) is 4.97. The summed E-state index contributed by atoms with van der Waals surface area (Å²) in [5, 5.41) is 5.98. The summed E-state index contributed by atoms with van der Waals surface area (Å²) in [7, 11) is 0. The molecule has 33 heavy (non-hydrogen) atoms.